The van der Waals surface area contributed by atoms with Gasteiger partial charge < -0.3 is 4.90 Å². The molecule has 1 heterocycles. The van der Waals surface area contributed by atoms with Crippen molar-refractivity contribution in [2.45, 2.75) is 43.1 Å². The van der Waals surface area contributed by atoms with E-state index in [9.17, 15) is 4.79 Å². The van der Waals surface area contributed by atoms with Crippen LogP contribution in [0.3, 0.4) is 0 Å². The number of amides is 1. The smallest absolute Gasteiger partial charge is 0.244 e. The highest BCUT2D eigenvalue weighted by molar-refractivity contribution is 7.99. The molecule has 5 heteroatoms. The lowest BCUT2D eigenvalue weighted by Gasteiger charge is -2.32. The Hall–Kier alpha value is -0.710. The maximum atomic E-state index is 12.8. The minimum absolute atomic E-state index is 0.0363. The first-order valence-corrected chi connectivity index (χ1v) is 8.87. The zero-order valence-corrected chi connectivity index (χ0v) is 14.2. The summed E-state index contributed by atoms with van der Waals surface area (Å²) in [6.45, 7) is 5.09. The molecule has 1 N–H and O–H groups in total. The van der Waals surface area contributed by atoms with Gasteiger partial charge in [-0.2, -0.15) is 11.8 Å². The average molecular weight is 325 g/mol. The van der Waals surface area contributed by atoms with Crippen molar-refractivity contribution < 1.29 is 4.79 Å². The van der Waals surface area contributed by atoms with Gasteiger partial charge in [0, 0.05) is 16.3 Å². The molecule has 114 valence electrons. The monoisotopic (exact) mass is 324 g/mol. The maximum Gasteiger partial charge on any atom is 0.244 e. The van der Waals surface area contributed by atoms with Gasteiger partial charge in [0.05, 0.1) is 0 Å². The Kier molecular flexibility index (Phi) is 3.75. The van der Waals surface area contributed by atoms with E-state index < -0.39 is 0 Å². The molecule has 1 saturated heterocycles. The van der Waals surface area contributed by atoms with E-state index in [2.05, 4.69) is 25.4 Å². The zero-order chi connectivity index (χ0) is 15.3. The summed E-state index contributed by atoms with van der Waals surface area (Å²) in [5.74, 6) is 0.245. The number of nitrogens with one attached hydrogen (secondary N) is 1. The molecule has 0 aromatic heterocycles. The second-order valence-electron chi connectivity index (χ2n) is 6.58. The van der Waals surface area contributed by atoms with E-state index in [1.54, 1.807) is 11.8 Å². The van der Waals surface area contributed by atoms with Crippen LogP contribution in [0, 0.1) is 0 Å². The number of carbonyl (C=O) groups is 1. The summed E-state index contributed by atoms with van der Waals surface area (Å²) in [5, 5.41) is 4.25. The van der Waals surface area contributed by atoms with Crippen LogP contribution < -0.4 is 5.32 Å². The van der Waals surface area contributed by atoms with E-state index >= 15 is 0 Å². The summed E-state index contributed by atoms with van der Waals surface area (Å²) in [6, 6.07) is 7.80. The van der Waals surface area contributed by atoms with Crippen LogP contribution in [-0.4, -0.2) is 33.9 Å². The van der Waals surface area contributed by atoms with Gasteiger partial charge in [0.1, 0.15) is 11.7 Å². The Balaban J connectivity index is 1.91. The molecule has 2 aliphatic rings. The van der Waals surface area contributed by atoms with Gasteiger partial charge in [-0.25, -0.2) is 0 Å². The molecule has 1 amide bonds. The van der Waals surface area contributed by atoms with E-state index in [-0.39, 0.29) is 22.4 Å². The van der Waals surface area contributed by atoms with Gasteiger partial charge in [0.25, 0.3) is 0 Å². The number of hydrogen-bond donors (Lipinski definition) is 1. The summed E-state index contributed by atoms with van der Waals surface area (Å²) in [4.78, 5) is 14.8. The third kappa shape index (κ3) is 2.81. The molecule has 1 unspecified atom stereocenters. The number of carbonyl (C=O) groups excluding carboxylic acids is 1. The first kappa shape index (κ1) is 15.2. The van der Waals surface area contributed by atoms with E-state index in [4.69, 9.17) is 11.6 Å². The number of hydrogen-bond acceptors (Lipinski definition) is 3. The van der Waals surface area contributed by atoms with E-state index in [0.29, 0.717) is 5.02 Å². The van der Waals surface area contributed by atoms with Gasteiger partial charge in [-0.1, -0.05) is 23.7 Å². The highest BCUT2D eigenvalue weighted by atomic mass is 35.5. The fourth-order valence-corrected chi connectivity index (χ4v) is 3.32. The Bertz CT molecular complexity index is 571. The average Bonchev–Trinajstić information content (AvgIpc) is 3.18. The zero-order valence-electron chi connectivity index (χ0n) is 12.6. The molecule has 1 atom stereocenters. The number of thioether (sulfide) groups is 1. The molecule has 3 rings (SSSR count). The summed E-state index contributed by atoms with van der Waals surface area (Å²) in [5.41, 5.74) is 0.762. The van der Waals surface area contributed by atoms with Crippen LogP contribution in [0.2, 0.25) is 5.02 Å². The van der Waals surface area contributed by atoms with Crippen LogP contribution in [0.25, 0.3) is 0 Å². The van der Waals surface area contributed by atoms with Gasteiger partial charge >= 0.3 is 0 Å². The predicted molar refractivity (Wildman–Crippen MR) is 88.6 cm³/mol. The molecule has 21 heavy (non-hydrogen) atoms. The third-order valence-corrected chi connectivity index (χ3v) is 5.88. The van der Waals surface area contributed by atoms with Crippen LogP contribution in [0.4, 0.5) is 0 Å². The molecule has 1 aromatic carbocycles. The molecule has 1 saturated carbocycles. The van der Waals surface area contributed by atoms with Crippen molar-refractivity contribution in [1.29, 1.82) is 0 Å². The van der Waals surface area contributed by atoms with Gasteiger partial charge in [-0.3, -0.25) is 10.1 Å². The minimum atomic E-state index is -0.304. The molecule has 0 radical (unpaired) electrons. The molecule has 1 aliphatic heterocycles. The van der Waals surface area contributed by atoms with Gasteiger partial charge in [-0.05, 0) is 50.6 Å². The Labute approximate surface area is 135 Å². The molecule has 1 aromatic rings. The van der Waals surface area contributed by atoms with Crippen molar-refractivity contribution in [2.75, 3.05) is 12.8 Å². The molecular weight excluding hydrogens is 304 g/mol. The van der Waals surface area contributed by atoms with Crippen molar-refractivity contribution in [3.63, 3.8) is 0 Å². The fraction of sp³-hybridized carbons (Fsp3) is 0.562. The molecule has 1 spiro atoms. The maximum absolute atomic E-state index is 12.8. The Morgan fingerprint density at radius 3 is 2.76 bits per heavy atom. The van der Waals surface area contributed by atoms with Gasteiger partial charge in [-0.15, -0.1) is 0 Å². The van der Waals surface area contributed by atoms with Crippen LogP contribution in [0.15, 0.2) is 24.3 Å². The number of rotatable bonds is 4. The number of benzene rings is 1. The molecule has 3 nitrogen and oxygen atoms in total. The third-order valence-electron chi connectivity index (χ3n) is 4.41. The fourth-order valence-electron chi connectivity index (χ4n) is 2.85. The number of halogens is 1. The van der Waals surface area contributed by atoms with Gasteiger partial charge in [0.2, 0.25) is 5.91 Å². The predicted octanol–water partition coefficient (Wildman–Crippen LogP) is 3.44. The number of nitrogens with zero attached hydrogens (tertiary/aromatic N) is 1. The highest BCUT2D eigenvalue weighted by Crippen LogP contribution is 2.47. The van der Waals surface area contributed by atoms with Crippen LogP contribution in [0.1, 0.15) is 38.4 Å². The normalized spacial score (nSPS) is 23.9. The second kappa shape index (κ2) is 5.18. The second-order valence-corrected chi connectivity index (χ2v) is 8.53. The highest BCUT2D eigenvalue weighted by Gasteiger charge is 2.59. The topological polar surface area (TPSA) is 32.3 Å². The summed E-state index contributed by atoms with van der Waals surface area (Å²) in [6.07, 6.45) is 3.91. The van der Waals surface area contributed by atoms with Gasteiger partial charge in [0.15, 0.2) is 0 Å². The summed E-state index contributed by atoms with van der Waals surface area (Å²) < 4.78 is 0.0363. The Morgan fingerprint density at radius 2 is 2.19 bits per heavy atom. The van der Waals surface area contributed by atoms with Crippen molar-refractivity contribution in [3.05, 3.63) is 34.9 Å². The van der Waals surface area contributed by atoms with Crippen molar-refractivity contribution in [3.8, 4) is 0 Å². The molecule has 1 aliphatic carbocycles. The quantitative estimate of drug-likeness (QED) is 0.920. The van der Waals surface area contributed by atoms with Crippen molar-refractivity contribution in [1.82, 2.24) is 10.2 Å². The standard InChI is InChI=1S/C16H21ClN2OS/c1-15(2,21-3)10-19-13(11-5-4-6-12(17)9-11)18-16(7-8-16)14(19)20/h4-6,9,13,18H,7-8,10H2,1-3H3. The summed E-state index contributed by atoms with van der Waals surface area (Å²) in [7, 11) is 0. The lowest BCUT2D eigenvalue weighted by Crippen LogP contribution is -2.40. The first-order chi connectivity index (χ1) is 9.87. The Morgan fingerprint density at radius 1 is 1.48 bits per heavy atom. The first-order valence-electron chi connectivity index (χ1n) is 7.26. The van der Waals surface area contributed by atoms with E-state index in [0.717, 1.165) is 24.9 Å². The largest absolute Gasteiger partial charge is 0.320 e. The lowest BCUT2D eigenvalue weighted by atomic mass is 10.1. The van der Waals surface area contributed by atoms with Crippen LogP contribution in [0.5, 0.6) is 0 Å². The van der Waals surface area contributed by atoms with Crippen molar-refractivity contribution >= 4 is 29.3 Å². The van der Waals surface area contributed by atoms with Crippen LogP contribution >= 0.6 is 23.4 Å². The molecule has 2 fully saturated rings. The lowest BCUT2D eigenvalue weighted by molar-refractivity contribution is -0.131. The van der Waals surface area contributed by atoms with E-state index in [1.807, 2.05) is 29.2 Å². The minimum Gasteiger partial charge on any atom is -0.320 e. The molecular formula is C16H21ClN2OS. The van der Waals surface area contributed by atoms with E-state index in [1.165, 1.54) is 0 Å². The van der Waals surface area contributed by atoms with Crippen LogP contribution in [-0.2, 0) is 4.79 Å². The van der Waals surface area contributed by atoms with Crippen molar-refractivity contribution in [2.24, 2.45) is 0 Å². The summed E-state index contributed by atoms with van der Waals surface area (Å²) >= 11 is 7.91. The SMILES string of the molecule is CSC(C)(C)CN1C(=O)C2(CC2)NC1c1cccc(Cl)c1. The molecule has 0 bridgehead atoms.